The molecular weight excluding hydrogens is 222 g/mol. The summed E-state index contributed by atoms with van der Waals surface area (Å²) in [7, 11) is 2.25. The number of nitrogens with one attached hydrogen (secondary N) is 1. The van der Waals surface area contributed by atoms with Crippen LogP contribution in [0, 0.1) is 0 Å². The molecule has 1 aliphatic heterocycles. The molecule has 0 amide bonds. The maximum absolute atomic E-state index is 3.62. The second kappa shape index (κ2) is 6.88. The van der Waals surface area contributed by atoms with Crippen LogP contribution in [0.25, 0.3) is 0 Å². The molecule has 1 saturated carbocycles. The topological polar surface area (TPSA) is 18.5 Å². The molecule has 2 atom stereocenters. The summed E-state index contributed by atoms with van der Waals surface area (Å²) < 4.78 is 0. The van der Waals surface area contributed by atoms with Gasteiger partial charge in [0, 0.05) is 24.7 Å². The summed E-state index contributed by atoms with van der Waals surface area (Å²) in [6, 6.07) is 2.32. The third kappa shape index (κ3) is 4.52. The van der Waals surface area contributed by atoms with Crippen molar-refractivity contribution in [1.29, 1.82) is 0 Å². The molecule has 106 valence electrons. The minimum absolute atomic E-state index is 0.712. The van der Waals surface area contributed by atoms with Gasteiger partial charge in [-0.25, -0.2) is 0 Å². The van der Waals surface area contributed by atoms with E-state index < -0.39 is 0 Å². The minimum atomic E-state index is 0.712. The normalized spacial score (nSPS) is 29.2. The summed E-state index contributed by atoms with van der Waals surface area (Å²) in [4.78, 5) is 5.20. The molecule has 3 heteroatoms. The van der Waals surface area contributed by atoms with E-state index in [1.165, 1.54) is 58.3 Å². The van der Waals surface area contributed by atoms with Crippen LogP contribution < -0.4 is 5.32 Å². The third-order valence-electron chi connectivity index (χ3n) is 4.47. The van der Waals surface area contributed by atoms with Gasteiger partial charge in [-0.05, 0) is 72.6 Å². The SMILES string of the molecule is CC(CCCNC1CC1)N1CCCN(C)CC1C. The molecule has 1 saturated heterocycles. The van der Waals surface area contributed by atoms with Crippen LogP contribution >= 0.6 is 0 Å². The van der Waals surface area contributed by atoms with E-state index in [0.717, 1.165) is 12.1 Å². The lowest BCUT2D eigenvalue weighted by atomic mass is 10.1. The lowest BCUT2D eigenvalue weighted by Gasteiger charge is -2.33. The number of nitrogens with zero attached hydrogens (tertiary/aromatic N) is 2. The average Bonchev–Trinajstić information content (AvgIpc) is 3.13. The first-order valence-corrected chi connectivity index (χ1v) is 7.84. The quantitative estimate of drug-likeness (QED) is 0.730. The van der Waals surface area contributed by atoms with Gasteiger partial charge in [-0.1, -0.05) is 0 Å². The predicted molar refractivity (Wildman–Crippen MR) is 78.0 cm³/mol. The van der Waals surface area contributed by atoms with Gasteiger partial charge in [0.1, 0.15) is 0 Å². The molecule has 0 spiro atoms. The van der Waals surface area contributed by atoms with Crippen molar-refractivity contribution < 1.29 is 0 Å². The van der Waals surface area contributed by atoms with Crippen molar-refractivity contribution in [3.63, 3.8) is 0 Å². The standard InChI is InChI=1S/C15H31N3/c1-13(6-4-9-16-15-7-8-15)18-11-5-10-17(3)12-14(18)2/h13-16H,4-12H2,1-3H3. The van der Waals surface area contributed by atoms with E-state index in [9.17, 15) is 0 Å². The van der Waals surface area contributed by atoms with E-state index in [1.807, 2.05) is 0 Å². The predicted octanol–water partition coefficient (Wildman–Crippen LogP) is 1.93. The molecule has 0 aromatic carbocycles. The van der Waals surface area contributed by atoms with E-state index in [0.29, 0.717) is 6.04 Å². The molecule has 2 aliphatic rings. The van der Waals surface area contributed by atoms with Gasteiger partial charge in [-0.15, -0.1) is 0 Å². The Morgan fingerprint density at radius 3 is 2.78 bits per heavy atom. The van der Waals surface area contributed by atoms with E-state index in [2.05, 4.69) is 36.0 Å². The van der Waals surface area contributed by atoms with Crippen molar-refractivity contribution in [3.8, 4) is 0 Å². The summed E-state index contributed by atoms with van der Waals surface area (Å²) in [5, 5.41) is 3.62. The van der Waals surface area contributed by atoms with Crippen LogP contribution in [0.2, 0.25) is 0 Å². The minimum Gasteiger partial charge on any atom is -0.314 e. The van der Waals surface area contributed by atoms with Gasteiger partial charge in [0.05, 0.1) is 0 Å². The molecule has 1 aliphatic carbocycles. The first-order chi connectivity index (χ1) is 8.66. The zero-order valence-electron chi connectivity index (χ0n) is 12.5. The monoisotopic (exact) mass is 253 g/mol. The van der Waals surface area contributed by atoms with Gasteiger partial charge in [0.15, 0.2) is 0 Å². The molecule has 0 bridgehead atoms. The van der Waals surface area contributed by atoms with Crippen LogP contribution in [-0.4, -0.2) is 61.2 Å². The Balaban J connectivity index is 1.66. The van der Waals surface area contributed by atoms with Crippen molar-refractivity contribution in [2.45, 2.75) is 64.1 Å². The zero-order valence-corrected chi connectivity index (χ0v) is 12.5. The zero-order chi connectivity index (χ0) is 13.0. The van der Waals surface area contributed by atoms with Crippen molar-refractivity contribution in [3.05, 3.63) is 0 Å². The lowest BCUT2D eigenvalue weighted by Crippen LogP contribution is -2.43. The Bertz CT molecular complexity index is 240. The highest BCUT2D eigenvalue weighted by atomic mass is 15.2. The smallest absolute Gasteiger partial charge is 0.0197 e. The van der Waals surface area contributed by atoms with Crippen molar-refractivity contribution >= 4 is 0 Å². The summed E-state index contributed by atoms with van der Waals surface area (Å²) >= 11 is 0. The van der Waals surface area contributed by atoms with Crippen LogP contribution in [0.4, 0.5) is 0 Å². The molecule has 2 rings (SSSR count). The summed E-state index contributed by atoms with van der Waals surface area (Å²) in [6.07, 6.45) is 6.81. The second-order valence-electron chi connectivity index (χ2n) is 6.42. The summed E-state index contributed by atoms with van der Waals surface area (Å²) in [6.45, 7) is 9.79. The van der Waals surface area contributed by atoms with Crippen LogP contribution in [0.15, 0.2) is 0 Å². The molecule has 0 aromatic rings. The van der Waals surface area contributed by atoms with Gasteiger partial charge < -0.3 is 10.2 Å². The van der Waals surface area contributed by atoms with Crippen molar-refractivity contribution in [2.75, 3.05) is 33.2 Å². The fourth-order valence-electron chi connectivity index (χ4n) is 3.20. The van der Waals surface area contributed by atoms with E-state index in [-0.39, 0.29) is 0 Å². The first kappa shape index (κ1) is 14.3. The molecule has 3 nitrogen and oxygen atoms in total. The molecule has 0 radical (unpaired) electrons. The van der Waals surface area contributed by atoms with Gasteiger partial charge in [-0.2, -0.15) is 0 Å². The molecular formula is C15H31N3. The lowest BCUT2D eigenvalue weighted by molar-refractivity contribution is 0.144. The highest BCUT2D eigenvalue weighted by molar-refractivity contribution is 4.82. The Kier molecular flexibility index (Phi) is 5.46. The molecule has 1 heterocycles. The fourth-order valence-corrected chi connectivity index (χ4v) is 3.20. The number of hydrogen-bond donors (Lipinski definition) is 1. The average molecular weight is 253 g/mol. The van der Waals surface area contributed by atoms with Gasteiger partial charge in [0.2, 0.25) is 0 Å². The summed E-state index contributed by atoms with van der Waals surface area (Å²) in [5.74, 6) is 0. The van der Waals surface area contributed by atoms with Gasteiger partial charge in [0.25, 0.3) is 0 Å². The van der Waals surface area contributed by atoms with E-state index >= 15 is 0 Å². The summed E-state index contributed by atoms with van der Waals surface area (Å²) in [5.41, 5.74) is 0. The van der Waals surface area contributed by atoms with Crippen LogP contribution in [0.3, 0.4) is 0 Å². The third-order valence-corrected chi connectivity index (χ3v) is 4.47. The molecule has 2 unspecified atom stereocenters. The van der Waals surface area contributed by atoms with Crippen molar-refractivity contribution in [2.24, 2.45) is 0 Å². The van der Waals surface area contributed by atoms with E-state index in [1.54, 1.807) is 0 Å². The van der Waals surface area contributed by atoms with Gasteiger partial charge >= 0.3 is 0 Å². The van der Waals surface area contributed by atoms with Gasteiger partial charge in [-0.3, -0.25) is 4.90 Å². The fraction of sp³-hybridized carbons (Fsp3) is 1.00. The van der Waals surface area contributed by atoms with Crippen LogP contribution in [-0.2, 0) is 0 Å². The Labute approximate surface area is 113 Å². The first-order valence-electron chi connectivity index (χ1n) is 7.84. The maximum atomic E-state index is 3.62. The molecule has 1 N–H and O–H groups in total. The second-order valence-corrected chi connectivity index (χ2v) is 6.42. The molecule has 0 aromatic heterocycles. The Hall–Kier alpha value is -0.120. The number of likely N-dealkylation sites (N-methyl/N-ethyl adjacent to an activating group) is 1. The highest BCUT2D eigenvalue weighted by Crippen LogP contribution is 2.19. The largest absolute Gasteiger partial charge is 0.314 e. The van der Waals surface area contributed by atoms with E-state index in [4.69, 9.17) is 0 Å². The highest BCUT2D eigenvalue weighted by Gasteiger charge is 2.24. The molecule has 2 fully saturated rings. The number of rotatable bonds is 6. The van der Waals surface area contributed by atoms with Crippen LogP contribution in [0.5, 0.6) is 0 Å². The molecule has 18 heavy (non-hydrogen) atoms. The Morgan fingerprint density at radius 1 is 1.28 bits per heavy atom. The Morgan fingerprint density at radius 2 is 2.06 bits per heavy atom. The van der Waals surface area contributed by atoms with Crippen molar-refractivity contribution in [1.82, 2.24) is 15.1 Å². The maximum Gasteiger partial charge on any atom is 0.0197 e. The van der Waals surface area contributed by atoms with Crippen LogP contribution in [0.1, 0.15) is 46.0 Å². The number of hydrogen-bond acceptors (Lipinski definition) is 3.